The molecule has 2 heterocycles. The van der Waals surface area contributed by atoms with Crippen molar-refractivity contribution in [2.45, 2.75) is 13.8 Å². The Hall–Kier alpha value is -2.82. The van der Waals surface area contributed by atoms with Crippen LogP contribution >= 0.6 is 0 Å². The molecule has 3 rings (SSSR count). The van der Waals surface area contributed by atoms with Crippen LogP contribution in [-0.4, -0.2) is 15.7 Å². The van der Waals surface area contributed by atoms with Gasteiger partial charge >= 0.3 is 0 Å². The Bertz CT molecular complexity index is 755. The van der Waals surface area contributed by atoms with Gasteiger partial charge in [0.2, 0.25) is 0 Å². The maximum atomic E-state index is 12.1. The highest BCUT2D eigenvalue weighted by Crippen LogP contribution is 2.18. The lowest BCUT2D eigenvalue weighted by Gasteiger charge is -2.08. The van der Waals surface area contributed by atoms with Gasteiger partial charge in [-0.25, -0.2) is 4.68 Å². The number of aromatic nitrogens is 2. The van der Waals surface area contributed by atoms with Crippen molar-refractivity contribution in [1.82, 2.24) is 9.78 Å². The monoisotopic (exact) mass is 281 g/mol. The molecule has 106 valence electrons. The number of amides is 1. The second-order valence-electron chi connectivity index (χ2n) is 4.88. The molecule has 0 fully saturated rings. The fraction of sp³-hybridized carbons (Fsp3) is 0.125. The Kier molecular flexibility index (Phi) is 3.31. The summed E-state index contributed by atoms with van der Waals surface area (Å²) in [5.74, 6) is 0.402. The van der Waals surface area contributed by atoms with Gasteiger partial charge in [-0.2, -0.15) is 5.10 Å². The molecule has 0 spiro atoms. The smallest absolute Gasteiger partial charge is 0.260 e. The summed E-state index contributed by atoms with van der Waals surface area (Å²) in [7, 11) is 0. The van der Waals surface area contributed by atoms with Gasteiger partial charge in [-0.3, -0.25) is 4.79 Å². The zero-order valence-corrected chi connectivity index (χ0v) is 11.8. The Morgan fingerprint density at radius 1 is 1.19 bits per heavy atom. The summed E-state index contributed by atoms with van der Waals surface area (Å²) in [6, 6.07) is 11.4. The van der Waals surface area contributed by atoms with E-state index in [2.05, 4.69) is 10.4 Å². The molecule has 0 unspecified atom stereocenters. The Balaban J connectivity index is 1.92. The summed E-state index contributed by atoms with van der Waals surface area (Å²) >= 11 is 0. The number of hydrogen-bond acceptors (Lipinski definition) is 3. The quantitative estimate of drug-likeness (QED) is 0.801. The zero-order chi connectivity index (χ0) is 14.8. The SMILES string of the molecule is Cc1ccc(-n2nc(C)cc2NC(=O)c2ccoc2)cc1. The van der Waals surface area contributed by atoms with Crippen LogP contribution in [0.3, 0.4) is 0 Å². The third kappa shape index (κ3) is 2.72. The predicted octanol–water partition coefficient (Wildman–Crippen LogP) is 3.33. The number of benzene rings is 1. The summed E-state index contributed by atoms with van der Waals surface area (Å²) in [6.07, 6.45) is 2.88. The number of carbonyl (C=O) groups excluding carboxylic acids is 1. The minimum Gasteiger partial charge on any atom is -0.472 e. The molecule has 1 aromatic carbocycles. The van der Waals surface area contributed by atoms with Crippen molar-refractivity contribution in [2.24, 2.45) is 0 Å². The fourth-order valence-electron chi connectivity index (χ4n) is 2.05. The summed E-state index contributed by atoms with van der Waals surface area (Å²) in [5, 5.41) is 7.27. The number of furan rings is 1. The Morgan fingerprint density at radius 3 is 2.62 bits per heavy atom. The van der Waals surface area contributed by atoms with E-state index >= 15 is 0 Å². The first-order valence-electron chi connectivity index (χ1n) is 6.61. The molecule has 1 amide bonds. The standard InChI is InChI=1S/C16H15N3O2/c1-11-3-5-14(6-4-11)19-15(9-12(2)18-19)17-16(20)13-7-8-21-10-13/h3-10H,1-2H3,(H,17,20). The topological polar surface area (TPSA) is 60.1 Å². The summed E-state index contributed by atoms with van der Waals surface area (Å²) in [5.41, 5.74) is 3.38. The molecule has 5 nitrogen and oxygen atoms in total. The molecular weight excluding hydrogens is 266 g/mol. The van der Waals surface area contributed by atoms with Crippen molar-refractivity contribution in [3.05, 3.63) is 65.7 Å². The summed E-state index contributed by atoms with van der Waals surface area (Å²) in [4.78, 5) is 12.1. The van der Waals surface area contributed by atoms with Gasteiger partial charge in [0, 0.05) is 6.07 Å². The van der Waals surface area contributed by atoms with Crippen LogP contribution in [0.5, 0.6) is 0 Å². The van der Waals surface area contributed by atoms with Crippen LogP contribution in [0.1, 0.15) is 21.6 Å². The van der Waals surface area contributed by atoms with E-state index in [0.29, 0.717) is 11.4 Å². The molecule has 3 aromatic rings. The molecule has 0 aliphatic heterocycles. The van der Waals surface area contributed by atoms with E-state index in [-0.39, 0.29) is 5.91 Å². The first-order chi connectivity index (χ1) is 10.1. The van der Waals surface area contributed by atoms with E-state index in [1.807, 2.05) is 44.2 Å². The third-order valence-corrected chi connectivity index (χ3v) is 3.14. The number of anilines is 1. The lowest BCUT2D eigenvalue weighted by molar-refractivity contribution is 0.102. The molecule has 0 saturated carbocycles. The van der Waals surface area contributed by atoms with Crippen molar-refractivity contribution in [1.29, 1.82) is 0 Å². The van der Waals surface area contributed by atoms with Gasteiger partial charge in [-0.1, -0.05) is 17.7 Å². The molecule has 1 N–H and O–H groups in total. The van der Waals surface area contributed by atoms with Crippen LogP contribution in [0, 0.1) is 13.8 Å². The average molecular weight is 281 g/mol. The molecule has 5 heteroatoms. The highest BCUT2D eigenvalue weighted by atomic mass is 16.3. The van der Waals surface area contributed by atoms with Crippen molar-refractivity contribution in [2.75, 3.05) is 5.32 Å². The number of rotatable bonds is 3. The first kappa shape index (κ1) is 13.2. The predicted molar refractivity (Wildman–Crippen MR) is 79.7 cm³/mol. The van der Waals surface area contributed by atoms with Crippen LogP contribution in [-0.2, 0) is 0 Å². The van der Waals surface area contributed by atoms with Gasteiger partial charge in [-0.15, -0.1) is 0 Å². The average Bonchev–Trinajstić information content (AvgIpc) is 3.09. The second kappa shape index (κ2) is 5.28. The molecule has 0 aliphatic rings. The maximum absolute atomic E-state index is 12.1. The normalized spacial score (nSPS) is 10.6. The van der Waals surface area contributed by atoms with Crippen LogP contribution < -0.4 is 5.32 Å². The Morgan fingerprint density at radius 2 is 1.95 bits per heavy atom. The van der Waals surface area contributed by atoms with Crippen molar-refractivity contribution >= 4 is 11.7 Å². The zero-order valence-electron chi connectivity index (χ0n) is 11.8. The lowest BCUT2D eigenvalue weighted by atomic mass is 10.2. The highest BCUT2D eigenvalue weighted by molar-refractivity contribution is 6.03. The Labute approximate surface area is 122 Å². The van der Waals surface area contributed by atoms with E-state index in [9.17, 15) is 4.79 Å². The van der Waals surface area contributed by atoms with Crippen molar-refractivity contribution < 1.29 is 9.21 Å². The largest absolute Gasteiger partial charge is 0.472 e. The highest BCUT2D eigenvalue weighted by Gasteiger charge is 2.13. The molecule has 0 atom stereocenters. The van der Waals surface area contributed by atoms with E-state index in [4.69, 9.17) is 4.42 Å². The molecule has 0 aliphatic carbocycles. The minimum atomic E-state index is -0.225. The molecular formula is C16H15N3O2. The summed E-state index contributed by atoms with van der Waals surface area (Å²) in [6.45, 7) is 3.91. The van der Waals surface area contributed by atoms with Crippen LogP contribution in [0.2, 0.25) is 0 Å². The van der Waals surface area contributed by atoms with Crippen molar-refractivity contribution in [3.8, 4) is 5.69 Å². The lowest BCUT2D eigenvalue weighted by Crippen LogP contribution is -2.14. The number of nitrogens with zero attached hydrogens (tertiary/aromatic N) is 2. The van der Waals surface area contributed by atoms with Gasteiger partial charge in [-0.05, 0) is 32.0 Å². The molecule has 0 radical (unpaired) electrons. The number of aryl methyl sites for hydroxylation is 2. The van der Waals surface area contributed by atoms with E-state index in [1.165, 1.54) is 18.1 Å². The molecule has 21 heavy (non-hydrogen) atoms. The van der Waals surface area contributed by atoms with E-state index in [1.54, 1.807) is 10.7 Å². The molecule has 2 aromatic heterocycles. The van der Waals surface area contributed by atoms with Gasteiger partial charge in [0.05, 0.1) is 23.2 Å². The van der Waals surface area contributed by atoms with E-state index in [0.717, 1.165) is 11.4 Å². The van der Waals surface area contributed by atoms with Gasteiger partial charge in [0.15, 0.2) is 0 Å². The van der Waals surface area contributed by atoms with Crippen LogP contribution in [0.25, 0.3) is 5.69 Å². The van der Waals surface area contributed by atoms with Gasteiger partial charge < -0.3 is 9.73 Å². The number of nitrogens with one attached hydrogen (secondary N) is 1. The first-order valence-corrected chi connectivity index (χ1v) is 6.61. The summed E-state index contributed by atoms with van der Waals surface area (Å²) < 4.78 is 6.64. The van der Waals surface area contributed by atoms with Crippen molar-refractivity contribution in [3.63, 3.8) is 0 Å². The minimum absolute atomic E-state index is 0.225. The molecule has 0 bridgehead atoms. The number of hydrogen-bond donors (Lipinski definition) is 1. The van der Waals surface area contributed by atoms with Gasteiger partial charge in [0.25, 0.3) is 5.91 Å². The van der Waals surface area contributed by atoms with Crippen LogP contribution in [0.15, 0.2) is 53.3 Å². The number of carbonyl (C=O) groups is 1. The van der Waals surface area contributed by atoms with Crippen LogP contribution in [0.4, 0.5) is 5.82 Å². The fourth-order valence-corrected chi connectivity index (χ4v) is 2.05. The van der Waals surface area contributed by atoms with Gasteiger partial charge in [0.1, 0.15) is 12.1 Å². The molecule has 0 saturated heterocycles. The third-order valence-electron chi connectivity index (χ3n) is 3.14. The second-order valence-corrected chi connectivity index (χ2v) is 4.88. The van der Waals surface area contributed by atoms with E-state index < -0.39 is 0 Å². The maximum Gasteiger partial charge on any atom is 0.260 e.